The Balaban J connectivity index is 1.53. The van der Waals surface area contributed by atoms with E-state index in [0.29, 0.717) is 47.6 Å². The third kappa shape index (κ3) is 4.42. The maximum absolute atomic E-state index is 13.9. The van der Waals surface area contributed by atoms with Gasteiger partial charge in [-0.15, -0.1) is 0 Å². The molecule has 0 aromatic heterocycles. The van der Waals surface area contributed by atoms with Crippen LogP contribution in [0.4, 0.5) is 15.8 Å². The van der Waals surface area contributed by atoms with Crippen LogP contribution in [0.25, 0.3) is 0 Å². The van der Waals surface area contributed by atoms with Gasteiger partial charge in [-0.05, 0) is 24.3 Å². The van der Waals surface area contributed by atoms with E-state index in [0.717, 1.165) is 0 Å². The Hall–Kier alpha value is -1.82. The highest BCUT2D eigenvalue weighted by molar-refractivity contribution is 6.44. The van der Waals surface area contributed by atoms with Crippen molar-refractivity contribution in [2.75, 3.05) is 42.9 Å². The maximum Gasteiger partial charge on any atom is 0.238 e. The van der Waals surface area contributed by atoms with Gasteiger partial charge in [-0.2, -0.15) is 0 Å². The molecule has 0 unspecified atom stereocenters. The van der Waals surface area contributed by atoms with E-state index >= 15 is 0 Å². The molecule has 1 aliphatic heterocycles. The minimum atomic E-state index is -0.218. The van der Waals surface area contributed by atoms with Crippen molar-refractivity contribution in [1.29, 1.82) is 0 Å². The lowest BCUT2D eigenvalue weighted by Crippen LogP contribution is -2.48. The van der Waals surface area contributed by atoms with Crippen LogP contribution in [-0.4, -0.2) is 43.5 Å². The highest BCUT2D eigenvalue weighted by Crippen LogP contribution is 2.29. The summed E-state index contributed by atoms with van der Waals surface area (Å²) in [4.78, 5) is 16.3. The van der Waals surface area contributed by atoms with E-state index in [1.54, 1.807) is 30.3 Å². The van der Waals surface area contributed by atoms with E-state index in [4.69, 9.17) is 23.2 Å². The van der Waals surface area contributed by atoms with Gasteiger partial charge in [0.15, 0.2) is 0 Å². The van der Waals surface area contributed by atoms with Gasteiger partial charge in [0.25, 0.3) is 0 Å². The van der Waals surface area contributed by atoms with Crippen LogP contribution in [0.3, 0.4) is 0 Å². The molecule has 1 aliphatic rings. The summed E-state index contributed by atoms with van der Waals surface area (Å²) in [6.45, 7) is 2.97. The highest BCUT2D eigenvalue weighted by Gasteiger charge is 2.21. The molecule has 132 valence electrons. The van der Waals surface area contributed by atoms with E-state index in [1.165, 1.54) is 6.07 Å². The molecular formula is C18H18Cl2FN3O. The summed E-state index contributed by atoms with van der Waals surface area (Å²) in [5.41, 5.74) is 1.11. The largest absolute Gasteiger partial charge is 0.367 e. The van der Waals surface area contributed by atoms with Gasteiger partial charge in [-0.1, -0.05) is 41.4 Å². The van der Waals surface area contributed by atoms with E-state index in [-0.39, 0.29) is 18.3 Å². The summed E-state index contributed by atoms with van der Waals surface area (Å²) in [5.74, 6) is -0.368. The van der Waals surface area contributed by atoms with Crippen LogP contribution in [0, 0.1) is 5.82 Å². The first-order chi connectivity index (χ1) is 12.0. The predicted molar refractivity (Wildman–Crippen MR) is 100 cm³/mol. The van der Waals surface area contributed by atoms with Gasteiger partial charge in [-0.25, -0.2) is 4.39 Å². The second-order valence-corrected chi connectivity index (χ2v) is 6.65. The average Bonchev–Trinajstić information content (AvgIpc) is 2.60. The molecule has 0 saturated carbocycles. The van der Waals surface area contributed by atoms with Crippen molar-refractivity contribution in [1.82, 2.24) is 4.90 Å². The van der Waals surface area contributed by atoms with Crippen LogP contribution in [-0.2, 0) is 4.79 Å². The fraction of sp³-hybridized carbons (Fsp3) is 0.278. The summed E-state index contributed by atoms with van der Waals surface area (Å²) in [6.07, 6.45) is 0. The SMILES string of the molecule is O=C(CN1CCN(c2ccccc2F)CC1)Nc1cccc(Cl)c1Cl. The van der Waals surface area contributed by atoms with Crippen molar-refractivity contribution in [2.24, 2.45) is 0 Å². The fourth-order valence-electron chi connectivity index (χ4n) is 2.85. The number of carbonyl (C=O) groups is 1. The van der Waals surface area contributed by atoms with Gasteiger partial charge in [-0.3, -0.25) is 9.69 Å². The standard InChI is InChI=1S/C18H18Cl2FN3O/c19-13-4-3-6-15(18(13)20)22-17(25)12-23-8-10-24(11-9-23)16-7-2-1-5-14(16)21/h1-7H,8-12H2,(H,22,25). The molecule has 7 heteroatoms. The number of para-hydroxylation sites is 1. The molecule has 2 aromatic rings. The van der Waals surface area contributed by atoms with Crippen molar-refractivity contribution in [3.05, 3.63) is 58.3 Å². The van der Waals surface area contributed by atoms with Crippen molar-refractivity contribution in [3.63, 3.8) is 0 Å². The number of carbonyl (C=O) groups excluding carboxylic acids is 1. The highest BCUT2D eigenvalue weighted by atomic mass is 35.5. The summed E-state index contributed by atoms with van der Waals surface area (Å²) in [7, 11) is 0. The molecule has 1 N–H and O–H groups in total. The maximum atomic E-state index is 13.9. The molecule has 1 saturated heterocycles. The van der Waals surface area contributed by atoms with E-state index < -0.39 is 0 Å². The normalized spacial score (nSPS) is 15.2. The molecule has 1 heterocycles. The van der Waals surface area contributed by atoms with E-state index in [9.17, 15) is 9.18 Å². The van der Waals surface area contributed by atoms with Gasteiger partial charge >= 0.3 is 0 Å². The molecule has 25 heavy (non-hydrogen) atoms. The average molecular weight is 382 g/mol. The molecule has 0 bridgehead atoms. The summed E-state index contributed by atoms with van der Waals surface area (Å²) in [5, 5.41) is 3.52. The summed E-state index contributed by atoms with van der Waals surface area (Å²) >= 11 is 12.0. The quantitative estimate of drug-likeness (QED) is 0.872. The molecule has 0 spiro atoms. The van der Waals surface area contributed by atoms with Gasteiger partial charge < -0.3 is 10.2 Å². The molecule has 2 aromatic carbocycles. The minimum absolute atomic E-state index is 0.150. The Morgan fingerprint density at radius 3 is 2.48 bits per heavy atom. The first-order valence-corrected chi connectivity index (χ1v) is 8.76. The molecular weight excluding hydrogens is 364 g/mol. The van der Waals surface area contributed by atoms with Crippen LogP contribution >= 0.6 is 23.2 Å². The summed E-state index contributed by atoms with van der Waals surface area (Å²) in [6, 6.07) is 11.9. The minimum Gasteiger partial charge on any atom is -0.367 e. The second kappa shape index (κ2) is 8.04. The second-order valence-electron chi connectivity index (χ2n) is 5.86. The van der Waals surface area contributed by atoms with Crippen molar-refractivity contribution in [2.45, 2.75) is 0 Å². The molecule has 1 fully saturated rings. The van der Waals surface area contributed by atoms with Crippen LogP contribution in [0.1, 0.15) is 0 Å². The number of hydrogen-bond donors (Lipinski definition) is 1. The number of piperazine rings is 1. The first-order valence-electron chi connectivity index (χ1n) is 8.00. The zero-order chi connectivity index (χ0) is 17.8. The van der Waals surface area contributed by atoms with E-state index in [2.05, 4.69) is 5.32 Å². The Morgan fingerprint density at radius 1 is 1.04 bits per heavy atom. The lowest BCUT2D eigenvalue weighted by Gasteiger charge is -2.35. The van der Waals surface area contributed by atoms with Crippen molar-refractivity contribution in [3.8, 4) is 0 Å². The van der Waals surface area contributed by atoms with Gasteiger partial charge in [0, 0.05) is 26.2 Å². The molecule has 0 atom stereocenters. The third-order valence-corrected chi connectivity index (χ3v) is 4.98. The molecule has 3 rings (SSSR count). The lowest BCUT2D eigenvalue weighted by molar-refractivity contribution is -0.117. The van der Waals surface area contributed by atoms with Gasteiger partial charge in [0.2, 0.25) is 5.91 Å². The first kappa shape index (κ1) is 18.0. The monoisotopic (exact) mass is 381 g/mol. The number of rotatable bonds is 4. The number of benzene rings is 2. The molecule has 1 amide bonds. The van der Waals surface area contributed by atoms with Gasteiger partial charge in [0.1, 0.15) is 5.82 Å². The smallest absolute Gasteiger partial charge is 0.238 e. The van der Waals surface area contributed by atoms with Crippen LogP contribution in [0.15, 0.2) is 42.5 Å². The Labute approximate surface area is 156 Å². The Kier molecular flexibility index (Phi) is 5.78. The lowest BCUT2D eigenvalue weighted by atomic mass is 10.2. The van der Waals surface area contributed by atoms with Crippen molar-refractivity contribution < 1.29 is 9.18 Å². The number of halogens is 3. The molecule has 4 nitrogen and oxygen atoms in total. The van der Waals surface area contributed by atoms with Crippen LogP contribution < -0.4 is 10.2 Å². The third-order valence-electron chi connectivity index (χ3n) is 4.16. The number of amides is 1. The fourth-order valence-corrected chi connectivity index (χ4v) is 3.20. The number of anilines is 2. The Bertz CT molecular complexity index is 764. The number of nitrogens with one attached hydrogen (secondary N) is 1. The van der Waals surface area contributed by atoms with E-state index in [1.807, 2.05) is 15.9 Å². The summed E-state index contributed by atoms with van der Waals surface area (Å²) < 4.78 is 13.9. The predicted octanol–water partition coefficient (Wildman–Crippen LogP) is 3.89. The van der Waals surface area contributed by atoms with Crippen LogP contribution in [0.2, 0.25) is 10.0 Å². The molecule has 0 aliphatic carbocycles. The zero-order valence-corrected chi connectivity index (χ0v) is 15.0. The van der Waals surface area contributed by atoms with Crippen molar-refractivity contribution >= 4 is 40.5 Å². The van der Waals surface area contributed by atoms with Crippen LogP contribution in [0.5, 0.6) is 0 Å². The number of hydrogen-bond acceptors (Lipinski definition) is 3. The topological polar surface area (TPSA) is 35.6 Å². The van der Waals surface area contributed by atoms with Gasteiger partial charge in [0.05, 0.1) is 28.0 Å². The zero-order valence-electron chi connectivity index (χ0n) is 13.5. The Morgan fingerprint density at radius 2 is 1.76 bits per heavy atom. The molecule has 0 radical (unpaired) electrons. The number of nitrogens with zero attached hydrogens (tertiary/aromatic N) is 2.